The number of aromatic hydroxyl groups is 1. The van der Waals surface area contributed by atoms with Crippen LogP contribution in [0.5, 0.6) is 5.75 Å². The van der Waals surface area contributed by atoms with E-state index in [2.05, 4.69) is 18.7 Å². The summed E-state index contributed by atoms with van der Waals surface area (Å²) in [6, 6.07) is 5.39. The molecule has 0 unspecified atom stereocenters. The minimum absolute atomic E-state index is 0.109. The van der Waals surface area contributed by atoms with Crippen LogP contribution in [0.25, 0.3) is 0 Å². The van der Waals surface area contributed by atoms with Gasteiger partial charge in [0.2, 0.25) is 0 Å². The van der Waals surface area contributed by atoms with E-state index >= 15 is 0 Å². The Labute approximate surface area is 108 Å². The van der Waals surface area contributed by atoms with Crippen LogP contribution >= 0.6 is 0 Å². The van der Waals surface area contributed by atoms with Gasteiger partial charge in [-0.2, -0.15) is 0 Å². The molecule has 0 amide bonds. The van der Waals surface area contributed by atoms with Crippen molar-refractivity contribution in [1.29, 1.82) is 0 Å². The number of nitrogens with zero attached hydrogens (tertiary/aromatic N) is 1. The number of hydrogen-bond donors (Lipinski definition) is 1. The first-order valence-electron chi connectivity index (χ1n) is 6.34. The lowest BCUT2D eigenvalue weighted by molar-refractivity contribution is -0.142. The molecule has 0 radical (unpaired) electrons. The smallest absolute Gasteiger partial charge is 0.310 e. The number of carbonyl (C=O) groups is 1. The van der Waals surface area contributed by atoms with Crippen LogP contribution in [-0.4, -0.2) is 30.8 Å². The lowest BCUT2D eigenvalue weighted by atomic mass is 10.1. The number of esters is 1. The minimum Gasteiger partial charge on any atom is -0.508 e. The Bertz CT molecular complexity index is 400. The molecule has 1 aromatic rings. The second-order valence-electron chi connectivity index (χ2n) is 3.97. The standard InChI is InChI=1S/C14H21NO3/c1-4-15(5-2)12-8-7-11(13(16)10-12)9-14(17)18-6-3/h7-8,10,16H,4-6,9H2,1-3H3. The van der Waals surface area contributed by atoms with Gasteiger partial charge < -0.3 is 14.7 Å². The van der Waals surface area contributed by atoms with Crippen LogP contribution in [0.2, 0.25) is 0 Å². The number of benzene rings is 1. The summed E-state index contributed by atoms with van der Waals surface area (Å²) in [7, 11) is 0. The SMILES string of the molecule is CCOC(=O)Cc1ccc(N(CC)CC)cc1O. The highest BCUT2D eigenvalue weighted by atomic mass is 16.5. The van der Waals surface area contributed by atoms with Crippen molar-refractivity contribution in [3.63, 3.8) is 0 Å². The van der Waals surface area contributed by atoms with Crippen molar-refractivity contribution in [3.05, 3.63) is 23.8 Å². The molecule has 1 rings (SSSR count). The van der Waals surface area contributed by atoms with Gasteiger partial charge in [0.25, 0.3) is 0 Å². The summed E-state index contributed by atoms with van der Waals surface area (Å²) < 4.78 is 4.86. The van der Waals surface area contributed by atoms with E-state index in [1.807, 2.05) is 6.07 Å². The second kappa shape index (κ2) is 6.89. The van der Waals surface area contributed by atoms with E-state index in [4.69, 9.17) is 4.74 Å². The molecule has 0 heterocycles. The predicted octanol–water partition coefficient (Wildman–Crippen LogP) is 2.34. The van der Waals surface area contributed by atoms with Crippen molar-refractivity contribution in [2.24, 2.45) is 0 Å². The zero-order valence-electron chi connectivity index (χ0n) is 11.3. The average molecular weight is 251 g/mol. The Hall–Kier alpha value is -1.71. The van der Waals surface area contributed by atoms with Crippen LogP contribution in [0, 0.1) is 0 Å². The molecule has 0 atom stereocenters. The monoisotopic (exact) mass is 251 g/mol. The summed E-state index contributed by atoms with van der Waals surface area (Å²) in [5.74, 6) is -0.171. The van der Waals surface area contributed by atoms with Crippen LogP contribution in [-0.2, 0) is 16.0 Å². The third kappa shape index (κ3) is 3.65. The van der Waals surface area contributed by atoms with E-state index in [1.165, 1.54) is 0 Å². The van der Waals surface area contributed by atoms with Gasteiger partial charge in [0, 0.05) is 30.4 Å². The molecule has 0 saturated carbocycles. The first-order valence-corrected chi connectivity index (χ1v) is 6.34. The third-order valence-corrected chi connectivity index (χ3v) is 2.84. The normalized spacial score (nSPS) is 10.2. The number of carbonyl (C=O) groups excluding carboxylic acids is 1. The maximum Gasteiger partial charge on any atom is 0.310 e. The molecule has 0 aliphatic carbocycles. The molecule has 1 aromatic carbocycles. The lowest BCUT2D eigenvalue weighted by Gasteiger charge is -2.21. The molecular weight excluding hydrogens is 230 g/mol. The van der Waals surface area contributed by atoms with Crippen LogP contribution in [0.15, 0.2) is 18.2 Å². The molecule has 0 aliphatic heterocycles. The van der Waals surface area contributed by atoms with Crippen LogP contribution in [0.3, 0.4) is 0 Å². The largest absolute Gasteiger partial charge is 0.508 e. The zero-order valence-corrected chi connectivity index (χ0v) is 11.3. The molecule has 4 nitrogen and oxygen atoms in total. The van der Waals surface area contributed by atoms with Gasteiger partial charge in [-0.25, -0.2) is 0 Å². The number of phenolic OH excluding ortho intramolecular Hbond substituents is 1. The van der Waals surface area contributed by atoms with Crippen molar-refractivity contribution in [1.82, 2.24) is 0 Å². The third-order valence-electron chi connectivity index (χ3n) is 2.84. The van der Waals surface area contributed by atoms with Gasteiger partial charge in [-0.1, -0.05) is 6.07 Å². The maximum absolute atomic E-state index is 11.4. The first-order chi connectivity index (χ1) is 8.62. The average Bonchev–Trinajstić information content (AvgIpc) is 2.34. The molecular formula is C14H21NO3. The van der Waals surface area contributed by atoms with Crippen molar-refractivity contribution in [3.8, 4) is 5.75 Å². The molecule has 0 spiro atoms. The minimum atomic E-state index is -0.316. The zero-order chi connectivity index (χ0) is 13.5. The van der Waals surface area contributed by atoms with Gasteiger partial charge >= 0.3 is 5.97 Å². The Balaban J connectivity index is 2.82. The highest BCUT2D eigenvalue weighted by molar-refractivity contribution is 5.74. The number of hydrogen-bond acceptors (Lipinski definition) is 4. The van der Waals surface area contributed by atoms with Gasteiger partial charge in [-0.05, 0) is 26.8 Å². The Kier molecular flexibility index (Phi) is 5.49. The van der Waals surface area contributed by atoms with Gasteiger partial charge in [0.15, 0.2) is 0 Å². The molecule has 0 fully saturated rings. The first kappa shape index (κ1) is 14.4. The van der Waals surface area contributed by atoms with E-state index in [0.717, 1.165) is 18.8 Å². The van der Waals surface area contributed by atoms with E-state index in [9.17, 15) is 9.90 Å². The fourth-order valence-corrected chi connectivity index (χ4v) is 1.85. The highest BCUT2D eigenvalue weighted by Crippen LogP contribution is 2.25. The van der Waals surface area contributed by atoms with Gasteiger partial charge in [-0.15, -0.1) is 0 Å². The molecule has 0 aromatic heterocycles. The van der Waals surface area contributed by atoms with Crippen LogP contribution in [0.4, 0.5) is 5.69 Å². The molecule has 0 aliphatic rings. The number of ether oxygens (including phenoxy) is 1. The lowest BCUT2D eigenvalue weighted by Crippen LogP contribution is -2.21. The summed E-state index contributed by atoms with van der Waals surface area (Å²) in [5, 5.41) is 9.91. The molecule has 0 bridgehead atoms. The fourth-order valence-electron chi connectivity index (χ4n) is 1.85. The number of rotatable bonds is 6. The Morgan fingerprint density at radius 3 is 2.44 bits per heavy atom. The van der Waals surface area contributed by atoms with E-state index < -0.39 is 0 Å². The summed E-state index contributed by atoms with van der Waals surface area (Å²) in [4.78, 5) is 13.5. The summed E-state index contributed by atoms with van der Waals surface area (Å²) >= 11 is 0. The van der Waals surface area contributed by atoms with Crippen molar-refractivity contribution < 1.29 is 14.6 Å². The molecule has 18 heavy (non-hydrogen) atoms. The van der Waals surface area contributed by atoms with Crippen LogP contribution < -0.4 is 4.90 Å². The maximum atomic E-state index is 11.4. The number of anilines is 1. The quantitative estimate of drug-likeness (QED) is 0.788. The van der Waals surface area contributed by atoms with Crippen molar-refractivity contribution in [2.45, 2.75) is 27.2 Å². The molecule has 4 heteroatoms. The molecule has 1 N–H and O–H groups in total. The molecule has 100 valence electrons. The summed E-state index contributed by atoms with van der Waals surface area (Å²) in [6.07, 6.45) is 0.109. The summed E-state index contributed by atoms with van der Waals surface area (Å²) in [5.41, 5.74) is 1.56. The van der Waals surface area contributed by atoms with Gasteiger partial charge in [0.05, 0.1) is 13.0 Å². The Morgan fingerprint density at radius 2 is 1.94 bits per heavy atom. The molecule has 0 saturated heterocycles. The number of phenols is 1. The predicted molar refractivity (Wildman–Crippen MR) is 72.0 cm³/mol. The van der Waals surface area contributed by atoms with E-state index in [1.54, 1.807) is 19.1 Å². The van der Waals surface area contributed by atoms with Gasteiger partial charge in [0.1, 0.15) is 5.75 Å². The fraction of sp³-hybridized carbons (Fsp3) is 0.500. The highest BCUT2D eigenvalue weighted by Gasteiger charge is 2.10. The topological polar surface area (TPSA) is 49.8 Å². The van der Waals surface area contributed by atoms with Crippen LogP contribution in [0.1, 0.15) is 26.3 Å². The van der Waals surface area contributed by atoms with E-state index in [-0.39, 0.29) is 18.1 Å². The van der Waals surface area contributed by atoms with Gasteiger partial charge in [-0.3, -0.25) is 4.79 Å². The summed E-state index contributed by atoms with van der Waals surface area (Å²) in [6.45, 7) is 8.01. The van der Waals surface area contributed by atoms with E-state index in [0.29, 0.717) is 12.2 Å². The second-order valence-corrected chi connectivity index (χ2v) is 3.97. The van der Waals surface area contributed by atoms with Crippen molar-refractivity contribution >= 4 is 11.7 Å². The Morgan fingerprint density at radius 1 is 1.28 bits per heavy atom. The van der Waals surface area contributed by atoms with Crippen molar-refractivity contribution in [2.75, 3.05) is 24.6 Å².